The van der Waals surface area contributed by atoms with E-state index < -0.39 is 0 Å². The maximum atomic E-state index is 13.1. The summed E-state index contributed by atoms with van der Waals surface area (Å²) in [5, 5.41) is 9.92. The molecule has 2 N–H and O–H groups in total. The Balaban J connectivity index is 2.22. The second-order valence-electron chi connectivity index (χ2n) is 3.91. The van der Waals surface area contributed by atoms with Crippen LogP contribution in [0.5, 0.6) is 5.75 Å². The molecule has 0 amide bonds. The van der Waals surface area contributed by atoms with Crippen molar-refractivity contribution in [2.24, 2.45) is 0 Å². The average Bonchev–Trinajstić information content (AvgIpc) is 2.74. The highest BCUT2D eigenvalue weighted by Gasteiger charge is 2.10. The van der Waals surface area contributed by atoms with E-state index in [0.717, 1.165) is 0 Å². The molecule has 3 nitrogen and oxygen atoms in total. The van der Waals surface area contributed by atoms with Gasteiger partial charge in [0.25, 0.3) is 0 Å². The molecule has 90 valence electrons. The Bertz CT molecular complexity index is 739. The van der Waals surface area contributed by atoms with Crippen LogP contribution < -0.4 is 0 Å². The number of nitrogens with one attached hydrogen (secondary N) is 1. The van der Waals surface area contributed by atoms with Gasteiger partial charge in [0, 0.05) is 5.56 Å². The van der Waals surface area contributed by atoms with E-state index in [9.17, 15) is 9.50 Å². The maximum absolute atomic E-state index is 13.1. The zero-order valence-electron chi connectivity index (χ0n) is 9.11. The van der Waals surface area contributed by atoms with Crippen molar-refractivity contribution in [3.8, 4) is 17.1 Å². The van der Waals surface area contributed by atoms with Crippen molar-refractivity contribution in [3.63, 3.8) is 0 Å². The Morgan fingerprint density at radius 1 is 1.17 bits per heavy atom. The van der Waals surface area contributed by atoms with Crippen LogP contribution in [0.15, 0.2) is 36.4 Å². The molecule has 1 heterocycles. The lowest BCUT2D eigenvalue weighted by atomic mass is 10.2. The van der Waals surface area contributed by atoms with E-state index in [1.165, 1.54) is 24.3 Å². The number of hydrogen-bond acceptors (Lipinski definition) is 2. The molecule has 0 aliphatic heterocycles. The van der Waals surface area contributed by atoms with Crippen molar-refractivity contribution in [2.45, 2.75) is 0 Å². The number of imidazole rings is 1. The first kappa shape index (κ1) is 11.0. The molecule has 0 atom stereocenters. The van der Waals surface area contributed by atoms with Gasteiger partial charge in [-0.05, 0) is 36.4 Å². The topological polar surface area (TPSA) is 48.9 Å². The second kappa shape index (κ2) is 3.99. The summed E-state index contributed by atoms with van der Waals surface area (Å²) >= 11 is 6.04. The highest BCUT2D eigenvalue weighted by molar-refractivity contribution is 6.33. The van der Waals surface area contributed by atoms with Crippen LogP contribution in [-0.4, -0.2) is 15.1 Å². The molecule has 0 fully saturated rings. The summed E-state index contributed by atoms with van der Waals surface area (Å²) in [4.78, 5) is 7.28. The van der Waals surface area contributed by atoms with Crippen molar-refractivity contribution >= 4 is 22.6 Å². The number of phenols is 1. The van der Waals surface area contributed by atoms with Crippen LogP contribution in [0.25, 0.3) is 22.4 Å². The van der Waals surface area contributed by atoms with Gasteiger partial charge in [0.2, 0.25) is 0 Å². The SMILES string of the molecule is Oc1ccc(Cl)c(-c2nc3ccc(F)cc3[nH]2)c1. The van der Waals surface area contributed by atoms with Gasteiger partial charge in [-0.1, -0.05) is 11.6 Å². The lowest BCUT2D eigenvalue weighted by Crippen LogP contribution is -1.81. The minimum atomic E-state index is -0.334. The van der Waals surface area contributed by atoms with Crippen LogP contribution in [0.4, 0.5) is 4.39 Å². The minimum absolute atomic E-state index is 0.0982. The van der Waals surface area contributed by atoms with Crippen LogP contribution in [0.1, 0.15) is 0 Å². The Morgan fingerprint density at radius 2 is 2.00 bits per heavy atom. The van der Waals surface area contributed by atoms with Gasteiger partial charge >= 0.3 is 0 Å². The number of rotatable bonds is 1. The van der Waals surface area contributed by atoms with Gasteiger partial charge in [0.05, 0.1) is 16.1 Å². The molecule has 0 saturated carbocycles. The largest absolute Gasteiger partial charge is 0.508 e. The number of aromatic amines is 1. The number of H-pyrrole nitrogens is 1. The zero-order valence-corrected chi connectivity index (χ0v) is 9.87. The van der Waals surface area contributed by atoms with Crippen molar-refractivity contribution in [3.05, 3.63) is 47.2 Å². The third kappa shape index (κ3) is 1.80. The fourth-order valence-electron chi connectivity index (χ4n) is 1.80. The first-order valence-corrected chi connectivity index (χ1v) is 5.65. The lowest BCUT2D eigenvalue weighted by Gasteiger charge is -2.00. The monoisotopic (exact) mass is 262 g/mol. The van der Waals surface area contributed by atoms with Crippen LogP contribution in [0.2, 0.25) is 5.02 Å². The van der Waals surface area contributed by atoms with Gasteiger partial charge in [-0.2, -0.15) is 0 Å². The van der Waals surface area contributed by atoms with Gasteiger partial charge in [-0.25, -0.2) is 9.37 Å². The molecule has 1 aromatic heterocycles. The summed E-state index contributed by atoms with van der Waals surface area (Å²) in [6.07, 6.45) is 0. The maximum Gasteiger partial charge on any atom is 0.140 e. The summed E-state index contributed by atoms with van der Waals surface area (Å²) < 4.78 is 13.1. The smallest absolute Gasteiger partial charge is 0.140 e. The molecule has 0 unspecified atom stereocenters. The fourth-order valence-corrected chi connectivity index (χ4v) is 2.01. The fraction of sp³-hybridized carbons (Fsp3) is 0. The van der Waals surface area contributed by atoms with Gasteiger partial charge < -0.3 is 10.1 Å². The predicted molar refractivity (Wildman–Crippen MR) is 68.2 cm³/mol. The van der Waals surface area contributed by atoms with E-state index in [4.69, 9.17) is 11.6 Å². The van der Waals surface area contributed by atoms with Gasteiger partial charge in [0.15, 0.2) is 0 Å². The molecule has 2 aromatic carbocycles. The number of aromatic nitrogens is 2. The van der Waals surface area contributed by atoms with E-state index >= 15 is 0 Å². The molecule has 0 saturated heterocycles. The average molecular weight is 263 g/mol. The van der Waals surface area contributed by atoms with Crippen LogP contribution in [0.3, 0.4) is 0 Å². The first-order chi connectivity index (χ1) is 8.63. The molecular weight excluding hydrogens is 255 g/mol. The number of nitrogens with zero attached hydrogens (tertiary/aromatic N) is 1. The second-order valence-corrected chi connectivity index (χ2v) is 4.32. The molecule has 0 aliphatic carbocycles. The molecule has 5 heteroatoms. The summed E-state index contributed by atoms with van der Waals surface area (Å²) in [7, 11) is 0. The van der Waals surface area contributed by atoms with E-state index in [-0.39, 0.29) is 11.6 Å². The third-order valence-electron chi connectivity index (χ3n) is 2.65. The summed E-state index contributed by atoms with van der Waals surface area (Å²) in [5.41, 5.74) is 1.81. The summed E-state index contributed by atoms with van der Waals surface area (Å²) in [5.74, 6) is 0.261. The van der Waals surface area contributed by atoms with Crippen molar-refractivity contribution < 1.29 is 9.50 Å². The number of benzene rings is 2. The van der Waals surface area contributed by atoms with Crippen LogP contribution >= 0.6 is 11.6 Å². The molecule has 0 spiro atoms. The predicted octanol–water partition coefficient (Wildman–Crippen LogP) is 3.73. The number of hydrogen-bond donors (Lipinski definition) is 2. The number of aromatic hydroxyl groups is 1. The third-order valence-corrected chi connectivity index (χ3v) is 2.98. The Morgan fingerprint density at radius 3 is 2.83 bits per heavy atom. The molecule has 0 aliphatic rings. The Hall–Kier alpha value is -2.07. The molecular formula is C13H8ClFN2O. The van der Waals surface area contributed by atoms with Crippen molar-refractivity contribution in [1.82, 2.24) is 9.97 Å². The van der Waals surface area contributed by atoms with E-state index in [2.05, 4.69) is 9.97 Å². The lowest BCUT2D eigenvalue weighted by molar-refractivity contribution is 0.475. The number of phenolic OH excluding ortho intramolecular Hbond substituents is 1. The standard InChI is InChI=1S/C13H8ClFN2O/c14-10-3-2-8(18)6-9(10)13-16-11-4-1-7(15)5-12(11)17-13/h1-6,18H,(H,16,17). The summed E-state index contributed by atoms with van der Waals surface area (Å²) in [6, 6.07) is 8.88. The van der Waals surface area contributed by atoms with Crippen molar-refractivity contribution in [1.29, 1.82) is 0 Å². The quantitative estimate of drug-likeness (QED) is 0.702. The molecule has 3 aromatic rings. The first-order valence-electron chi connectivity index (χ1n) is 5.27. The highest BCUT2D eigenvalue weighted by atomic mass is 35.5. The van der Waals surface area contributed by atoms with E-state index in [1.54, 1.807) is 12.1 Å². The van der Waals surface area contributed by atoms with E-state index in [0.29, 0.717) is 27.4 Å². The number of halogens is 2. The molecule has 0 bridgehead atoms. The summed E-state index contributed by atoms with van der Waals surface area (Å²) in [6.45, 7) is 0. The highest BCUT2D eigenvalue weighted by Crippen LogP contribution is 2.30. The van der Waals surface area contributed by atoms with Crippen LogP contribution in [-0.2, 0) is 0 Å². The Labute approximate surface area is 107 Å². The van der Waals surface area contributed by atoms with Crippen LogP contribution in [0, 0.1) is 5.82 Å². The molecule has 3 rings (SSSR count). The molecule has 0 radical (unpaired) electrons. The minimum Gasteiger partial charge on any atom is -0.508 e. The molecule has 18 heavy (non-hydrogen) atoms. The van der Waals surface area contributed by atoms with E-state index in [1.807, 2.05) is 0 Å². The van der Waals surface area contributed by atoms with Crippen molar-refractivity contribution in [2.75, 3.05) is 0 Å². The normalized spacial score (nSPS) is 11.0. The zero-order chi connectivity index (χ0) is 12.7. The Kier molecular flexibility index (Phi) is 2.45. The van der Waals surface area contributed by atoms with Gasteiger partial charge in [0.1, 0.15) is 17.4 Å². The van der Waals surface area contributed by atoms with Gasteiger partial charge in [-0.15, -0.1) is 0 Å². The number of fused-ring (bicyclic) bond motifs is 1. The van der Waals surface area contributed by atoms with Gasteiger partial charge in [-0.3, -0.25) is 0 Å².